The van der Waals surface area contributed by atoms with Crippen LogP contribution in [-0.2, 0) is 6.42 Å². The minimum atomic E-state index is -0.204. The van der Waals surface area contributed by atoms with E-state index in [2.05, 4.69) is 15.2 Å². The second kappa shape index (κ2) is 3.81. The number of H-pyrrole nitrogens is 1. The highest BCUT2D eigenvalue weighted by molar-refractivity contribution is 5.55. The molecule has 1 aromatic heterocycles. The first-order chi connectivity index (χ1) is 7.20. The van der Waals surface area contributed by atoms with Crippen LogP contribution in [0.25, 0.3) is 11.4 Å². The molecule has 0 spiro atoms. The van der Waals surface area contributed by atoms with Gasteiger partial charge in [-0.05, 0) is 30.7 Å². The fourth-order valence-corrected chi connectivity index (χ4v) is 1.37. The van der Waals surface area contributed by atoms with Crippen LogP contribution in [-0.4, -0.2) is 15.2 Å². The molecule has 0 amide bonds. The van der Waals surface area contributed by atoms with Gasteiger partial charge in [0.25, 0.3) is 0 Å². The van der Waals surface area contributed by atoms with Crippen LogP contribution in [0.3, 0.4) is 0 Å². The number of hydrogen-bond donors (Lipinski definition) is 1. The molecular weight excluding hydrogens is 193 g/mol. The second-order valence-electron chi connectivity index (χ2n) is 3.42. The molecule has 1 heterocycles. The summed E-state index contributed by atoms with van der Waals surface area (Å²) in [6.45, 7) is 3.73. The molecule has 0 aliphatic rings. The van der Waals surface area contributed by atoms with E-state index in [0.717, 1.165) is 17.8 Å². The van der Waals surface area contributed by atoms with Gasteiger partial charge in [-0.1, -0.05) is 6.92 Å². The van der Waals surface area contributed by atoms with Crippen molar-refractivity contribution in [3.63, 3.8) is 0 Å². The summed E-state index contributed by atoms with van der Waals surface area (Å²) in [6, 6.07) is 4.87. The summed E-state index contributed by atoms with van der Waals surface area (Å²) < 4.78 is 13.0. The van der Waals surface area contributed by atoms with E-state index >= 15 is 0 Å². The molecule has 0 atom stereocenters. The van der Waals surface area contributed by atoms with Crippen LogP contribution in [0.4, 0.5) is 4.39 Å². The van der Waals surface area contributed by atoms with Gasteiger partial charge in [0.15, 0.2) is 5.82 Å². The summed E-state index contributed by atoms with van der Waals surface area (Å²) in [5.41, 5.74) is 1.44. The Morgan fingerprint density at radius 2 is 2.20 bits per heavy atom. The van der Waals surface area contributed by atoms with Crippen LogP contribution < -0.4 is 0 Å². The number of nitrogens with zero attached hydrogens (tertiary/aromatic N) is 2. The van der Waals surface area contributed by atoms with Crippen molar-refractivity contribution in [2.24, 2.45) is 0 Å². The Kier molecular flexibility index (Phi) is 2.49. The van der Waals surface area contributed by atoms with Gasteiger partial charge in [-0.15, -0.1) is 0 Å². The van der Waals surface area contributed by atoms with Crippen LogP contribution in [0.1, 0.15) is 18.3 Å². The molecule has 0 fully saturated rings. The van der Waals surface area contributed by atoms with Crippen molar-refractivity contribution < 1.29 is 4.39 Å². The fraction of sp³-hybridized carbons (Fsp3) is 0.273. The van der Waals surface area contributed by atoms with E-state index in [1.54, 1.807) is 19.1 Å². The van der Waals surface area contributed by atoms with Crippen LogP contribution in [0, 0.1) is 12.7 Å². The smallest absolute Gasteiger partial charge is 0.181 e. The number of rotatable bonds is 2. The maximum absolute atomic E-state index is 13.0. The number of benzene rings is 1. The average Bonchev–Trinajstić information content (AvgIpc) is 2.70. The zero-order valence-electron chi connectivity index (χ0n) is 8.71. The highest BCUT2D eigenvalue weighted by atomic mass is 19.1. The summed E-state index contributed by atoms with van der Waals surface area (Å²) in [4.78, 5) is 4.28. The number of aryl methyl sites for hydroxylation is 2. The Labute approximate surface area is 87.4 Å². The lowest BCUT2D eigenvalue weighted by Gasteiger charge is -1.98. The average molecular weight is 205 g/mol. The quantitative estimate of drug-likeness (QED) is 0.818. The van der Waals surface area contributed by atoms with Gasteiger partial charge in [-0.25, -0.2) is 9.37 Å². The van der Waals surface area contributed by atoms with E-state index in [0.29, 0.717) is 11.4 Å². The molecule has 0 saturated heterocycles. The Balaban J connectivity index is 2.40. The van der Waals surface area contributed by atoms with E-state index in [-0.39, 0.29) is 5.82 Å². The zero-order valence-corrected chi connectivity index (χ0v) is 8.71. The van der Waals surface area contributed by atoms with Gasteiger partial charge in [-0.2, -0.15) is 5.10 Å². The van der Waals surface area contributed by atoms with Gasteiger partial charge in [0.05, 0.1) is 0 Å². The molecule has 1 N–H and O–H groups in total. The molecule has 15 heavy (non-hydrogen) atoms. The first kappa shape index (κ1) is 9.83. The minimum absolute atomic E-state index is 0.204. The van der Waals surface area contributed by atoms with Crippen molar-refractivity contribution in [3.05, 3.63) is 35.4 Å². The van der Waals surface area contributed by atoms with Gasteiger partial charge in [0, 0.05) is 12.0 Å². The highest BCUT2D eigenvalue weighted by Gasteiger charge is 2.06. The minimum Gasteiger partial charge on any atom is -0.263 e. The Morgan fingerprint density at radius 3 is 2.80 bits per heavy atom. The number of nitrogens with one attached hydrogen (secondary N) is 1. The third-order valence-electron chi connectivity index (χ3n) is 2.28. The maximum atomic E-state index is 13.0. The third-order valence-corrected chi connectivity index (χ3v) is 2.28. The molecule has 78 valence electrons. The molecule has 0 aliphatic carbocycles. The van der Waals surface area contributed by atoms with Crippen LogP contribution in [0.5, 0.6) is 0 Å². The monoisotopic (exact) mass is 205 g/mol. The molecule has 0 radical (unpaired) electrons. The van der Waals surface area contributed by atoms with E-state index in [1.807, 2.05) is 6.92 Å². The Hall–Kier alpha value is -1.71. The van der Waals surface area contributed by atoms with Crippen LogP contribution >= 0.6 is 0 Å². The highest BCUT2D eigenvalue weighted by Crippen LogP contribution is 2.18. The molecule has 2 aromatic rings. The van der Waals surface area contributed by atoms with Crippen molar-refractivity contribution in [1.29, 1.82) is 0 Å². The van der Waals surface area contributed by atoms with Crippen LogP contribution in [0.15, 0.2) is 18.2 Å². The van der Waals surface area contributed by atoms with Gasteiger partial charge in [0.1, 0.15) is 11.6 Å². The normalized spacial score (nSPS) is 10.6. The standard InChI is InChI=1S/C11H12FN3/c1-3-10-13-11(15-14-10)8-4-5-9(12)7(2)6-8/h4-6H,3H2,1-2H3,(H,13,14,15). The molecule has 4 heteroatoms. The van der Waals surface area contributed by atoms with Gasteiger partial charge in [0.2, 0.25) is 0 Å². The van der Waals surface area contributed by atoms with Crippen molar-refractivity contribution in [1.82, 2.24) is 15.2 Å². The first-order valence-corrected chi connectivity index (χ1v) is 4.88. The third kappa shape index (κ3) is 1.88. The molecular formula is C11H12FN3. The van der Waals surface area contributed by atoms with Gasteiger partial charge >= 0.3 is 0 Å². The van der Waals surface area contributed by atoms with E-state index in [1.165, 1.54) is 6.07 Å². The van der Waals surface area contributed by atoms with Crippen molar-refractivity contribution >= 4 is 0 Å². The lowest BCUT2D eigenvalue weighted by atomic mass is 10.1. The van der Waals surface area contributed by atoms with Crippen LogP contribution in [0.2, 0.25) is 0 Å². The predicted molar refractivity (Wildman–Crippen MR) is 55.9 cm³/mol. The Bertz CT molecular complexity index is 476. The second-order valence-corrected chi connectivity index (χ2v) is 3.42. The Morgan fingerprint density at radius 1 is 1.40 bits per heavy atom. The molecule has 2 rings (SSSR count). The summed E-state index contributed by atoms with van der Waals surface area (Å²) in [7, 11) is 0. The SMILES string of the molecule is CCc1nc(-c2ccc(F)c(C)c2)n[nH]1. The summed E-state index contributed by atoms with van der Waals surface area (Å²) in [5, 5.41) is 6.90. The topological polar surface area (TPSA) is 41.6 Å². The van der Waals surface area contributed by atoms with Crippen molar-refractivity contribution in [2.45, 2.75) is 20.3 Å². The fourth-order valence-electron chi connectivity index (χ4n) is 1.37. The number of aromatic amines is 1. The first-order valence-electron chi connectivity index (χ1n) is 4.88. The summed E-state index contributed by atoms with van der Waals surface area (Å²) >= 11 is 0. The number of hydrogen-bond acceptors (Lipinski definition) is 2. The molecule has 1 aromatic carbocycles. The molecule has 0 saturated carbocycles. The van der Waals surface area contributed by atoms with E-state index in [9.17, 15) is 4.39 Å². The lowest BCUT2D eigenvalue weighted by molar-refractivity contribution is 0.618. The van der Waals surface area contributed by atoms with E-state index < -0.39 is 0 Å². The van der Waals surface area contributed by atoms with E-state index in [4.69, 9.17) is 0 Å². The predicted octanol–water partition coefficient (Wildman–Crippen LogP) is 2.48. The zero-order chi connectivity index (χ0) is 10.8. The molecule has 0 unspecified atom stereocenters. The van der Waals surface area contributed by atoms with Gasteiger partial charge < -0.3 is 0 Å². The van der Waals surface area contributed by atoms with Crippen molar-refractivity contribution in [2.75, 3.05) is 0 Å². The molecule has 0 aliphatic heterocycles. The molecule has 0 bridgehead atoms. The molecule has 3 nitrogen and oxygen atoms in total. The maximum Gasteiger partial charge on any atom is 0.181 e. The summed E-state index contributed by atoms with van der Waals surface area (Å²) in [6.07, 6.45) is 0.813. The number of halogens is 1. The van der Waals surface area contributed by atoms with Gasteiger partial charge in [-0.3, -0.25) is 5.10 Å². The largest absolute Gasteiger partial charge is 0.263 e. The number of aromatic nitrogens is 3. The summed E-state index contributed by atoms with van der Waals surface area (Å²) in [5.74, 6) is 1.26. The lowest BCUT2D eigenvalue weighted by Crippen LogP contribution is -1.86. The van der Waals surface area contributed by atoms with Crippen molar-refractivity contribution in [3.8, 4) is 11.4 Å².